The van der Waals surface area contributed by atoms with Gasteiger partial charge < -0.3 is 10.6 Å². The van der Waals surface area contributed by atoms with E-state index in [9.17, 15) is 4.79 Å². The maximum absolute atomic E-state index is 12.1. The Balaban J connectivity index is 1.49. The topological polar surface area (TPSA) is 69.8 Å². The molecule has 5 nitrogen and oxygen atoms in total. The van der Waals surface area contributed by atoms with Gasteiger partial charge in [-0.05, 0) is 56.0 Å². The van der Waals surface area contributed by atoms with Crippen LogP contribution in [0.3, 0.4) is 0 Å². The molecule has 22 heavy (non-hydrogen) atoms. The van der Waals surface area contributed by atoms with E-state index in [-0.39, 0.29) is 5.91 Å². The normalized spacial score (nSPS) is 15.6. The van der Waals surface area contributed by atoms with Crippen LogP contribution < -0.4 is 10.6 Å². The number of piperidine rings is 1. The van der Waals surface area contributed by atoms with E-state index in [4.69, 9.17) is 0 Å². The lowest BCUT2D eigenvalue weighted by Gasteiger charge is -2.22. The van der Waals surface area contributed by atoms with E-state index >= 15 is 0 Å². The Bertz CT molecular complexity index is 586. The number of hydrogen-bond acceptors (Lipinski definition) is 3. The van der Waals surface area contributed by atoms with E-state index in [1.165, 1.54) is 12.8 Å². The minimum atomic E-state index is 0.00711. The van der Waals surface area contributed by atoms with E-state index < -0.39 is 0 Å². The van der Waals surface area contributed by atoms with Crippen LogP contribution in [0.1, 0.15) is 29.6 Å². The Morgan fingerprint density at radius 2 is 1.95 bits per heavy atom. The largest absolute Gasteiger partial charge is 0.352 e. The monoisotopic (exact) mass is 298 g/mol. The Morgan fingerprint density at radius 1 is 1.18 bits per heavy atom. The lowest BCUT2D eigenvalue weighted by molar-refractivity contribution is 0.0950. The first-order valence-electron chi connectivity index (χ1n) is 7.91. The molecule has 2 heterocycles. The molecule has 3 rings (SSSR count). The molecule has 1 saturated heterocycles. The van der Waals surface area contributed by atoms with Gasteiger partial charge in [-0.2, -0.15) is 5.10 Å². The summed E-state index contributed by atoms with van der Waals surface area (Å²) < 4.78 is 0. The number of aromatic nitrogens is 2. The van der Waals surface area contributed by atoms with E-state index in [1.54, 1.807) is 6.20 Å². The van der Waals surface area contributed by atoms with E-state index in [0.29, 0.717) is 5.56 Å². The summed E-state index contributed by atoms with van der Waals surface area (Å²) in [7, 11) is 0. The van der Waals surface area contributed by atoms with Gasteiger partial charge in [-0.15, -0.1) is 0 Å². The van der Waals surface area contributed by atoms with Crippen LogP contribution in [0.5, 0.6) is 0 Å². The van der Waals surface area contributed by atoms with Crippen molar-refractivity contribution in [1.29, 1.82) is 0 Å². The minimum absolute atomic E-state index is 0.00711. The molecule has 116 valence electrons. The SMILES string of the molecule is O=C(NCCC1CCNCC1)c1ccc(-c2cn[nH]c2)cc1. The molecule has 1 aliphatic rings. The van der Waals surface area contributed by atoms with Gasteiger partial charge in [-0.1, -0.05) is 12.1 Å². The summed E-state index contributed by atoms with van der Waals surface area (Å²) in [5.74, 6) is 0.748. The van der Waals surface area contributed by atoms with Gasteiger partial charge in [0.15, 0.2) is 0 Å². The number of amides is 1. The summed E-state index contributed by atoms with van der Waals surface area (Å²) >= 11 is 0. The van der Waals surface area contributed by atoms with Crippen molar-refractivity contribution in [3.63, 3.8) is 0 Å². The molecule has 1 aromatic carbocycles. The number of nitrogens with zero attached hydrogens (tertiary/aromatic N) is 1. The van der Waals surface area contributed by atoms with E-state index in [0.717, 1.165) is 43.1 Å². The fourth-order valence-corrected chi connectivity index (χ4v) is 2.89. The third-order valence-corrected chi connectivity index (χ3v) is 4.28. The molecule has 1 fully saturated rings. The standard InChI is InChI=1S/C17H22N4O/c22-17(19-10-7-13-5-8-18-9-6-13)15-3-1-14(2-4-15)16-11-20-21-12-16/h1-4,11-13,18H,5-10H2,(H,19,22)(H,20,21). The molecule has 0 spiro atoms. The average Bonchev–Trinajstić information content (AvgIpc) is 3.10. The molecule has 1 amide bonds. The molecule has 0 bridgehead atoms. The van der Waals surface area contributed by atoms with Crippen molar-refractivity contribution in [3.8, 4) is 11.1 Å². The molecule has 0 unspecified atom stereocenters. The van der Waals surface area contributed by atoms with E-state index in [1.807, 2.05) is 30.5 Å². The van der Waals surface area contributed by atoms with Crippen LogP contribution in [0.15, 0.2) is 36.7 Å². The zero-order valence-corrected chi connectivity index (χ0v) is 12.6. The van der Waals surface area contributed by atoms with Gasteiger partial charge in [0.05, 0.1) is 6.20 Å². The predicted molar refractivity (Wildman–Crippen MR) is 86.6 cm³/mol. The fourth-order valence-electron chi connectivity index (χ4n) is 2.89. The number of rotatable bonds is 5. The Hall–Kier alpha value is -2.14. The van der Waals surface area contributed by atoms with Gasteiger partial charge in [0.1, 0.15) is 0 Å². The molecule has 1 aliphatic heterocycles. The molecule has 0 radical (unpaired) electrons. The summed E-state index contributed by atoms with van der Waals surface area (Å²) in [6.45, 7) is 2.97. The van der Waals surface area contributed by atoms with Gasteiger partial charge in [0.25, 0.3) is 5.91 Å². The van der Waals surface area contributed by atoms with Crippen molar-refractivity contribution in [3.05, 3.63) is 42.2 Å². The van der Waals surface area contributed by atoms with Crippen molar-refractivity contribution in [2.75, 3.05) is 19.6 Å². The van der Waals surface area contributed by atoms with Crippen LogP contribution >= 0.6 is 0 Å². The van der Waals surface area contributed by atoms with Crippen molar-refractivity contribution < 1.29 is 4.79 Å². The third-order valence-electron chi connectivity index (χ3n) is 4.28. The van der Waals surface area contributed by atoms with Gasteiger partial charge in [0.2, 0.25) is 0 Å². The van der Waals surface area contributed by atoms with Gasteiger partial charge in [-0.25, -0.2) is 0 Å². The highest BCUT2D eigenvalue weighted by Gasteiger charge is 2.13. The first-order valence-corrected chi connectivity index (χ1v) is 7.91. The molecule has 1 aromatic heterocycles. The third kappa shape index (κ3) is 3.74. The minimum Gasteiger partial charge on any atom is -0.352 e. The number of benzene rings is 1. The number of hydrogen-bond donors (Lipinski definition) is 3. The molecule has 5 heteroatoms. The van der Waals surface area contributed by atoms with Crippen molar-refractivity contribution >= 4 is 5.91 Å². The molecule has 2 aromatic rings. The highest BCUT2D eigenvalue weighted by atomic mass is 16.1. The smallest absolute Gasteiger partial charge is 0.251 e. The summed E-state index contributed by atoms with van der Waals surface area (Å²) in [6, 6.07) is 7.63. The average molecular weight is 298 g/mol. The second kappa shape index (κ2) is 7.22. The van der Waals surface area contributed by atoms with Crippen LogP contribution in [0.2, 0.25) is 0 Å². The van der Waals surface area contributed by atoms with Crippen LogP contribution in [0, 0.1) is 5.92 Å². The molecule has 0 saturated carbocycles. The van der Waals surface area contributed by atoms with Crippen LogP contribution in [-0.4, -0.2) is 35.7 Å². The zero-order chi connectivity index (χ0) is 15.2. The number of nitrogens with one attached hydrogen (secondary N) is 3. The molecular weight excluding hydrogens is 276 g/mol. The summed E-state index contributed by atoms with van der Waals surface area (Å²) in [4.78, 5) is 12.1. The van der Waals surface area contributed by atoms with Gasteiger partial charge in [-0.3, -0.25) is 9.89 Å². The lowest BCUT2D eigenvalue weighted by Crippen LogP contribution is -2.31. The highest BCUT2D eigenvalue weighted by molar-refractivity contribution is 5.94. The number of H-pyrrole nitrogens is 1. The highest BCUT2D eigenvalue weighted by Crippen LogP contribution is 2.18. The second-order valence-electron chi connectivity index (χ2n) is 5.80. The Kier molecular flexibility index (Phi) is 4.85. The van der Waals surface area contributed by atoms with Crippen molar-refractivity contribution in [2.24, 2.45) is 5.92 Å². The van der Waals surface area contributed by atoms with Crippen molar-refractivity contribution in [1.82, 2.24) is 20.8 Å². The summed E-state index contributed by atoms with van der Waals surface area (Å²) in [6.07, 6.45) is 7.12. The quantitative estimate of drug-likeness (QED) is 0.792. The predicted octanol–water partition coefficient (Wildman–Crippen LogP) is 2.20. The maximum Gasteiger partial charge on any atom is 0.251 e. The number of aromatic amines is 1. The Morgan fingerprint density at radius 3 is 2.64 bits per heavy atom. The van der Waals surface area contributed by atoms with Crippen LogP contribution in [0.4, 0.5) is 0 Å². The van der Waals surface area contributed by atoms with Crippen molar-refractivity contribution in [2.45, 2.75) is 19.3 Å². The molecule has 3 N–H and O–H groups in total. The lowest BCUT2D eigenvalue weighted by atomic mass is 9.95. The second-order valence-corrected chi connectivity index (χ2v) is 5.80. The van der Waals surface area contributed by atoms with Crippen LogP contribution in [0.25, 0.3) is 11.1 Å². The fraction of sp³-hybridized carbons (Fsp3) is 0.412. The number of carbonyl (C=O) groups excluding carboxylic acids is 1. The Labute approximate surface area is 130 Å². The first-order chi connectivity index (χ1) is 10.8. The van der Waals surface area contributed by atoms with Gasteiger partial charge in [0, 0.05) is 23.9 Å². The van der Waals surface area contributed by atoms with E-state index in [2.05, 4.69) is 20.8 Å². The first kappa shape index (κ1) is 14.8. The molecule has 0 aliphatic carbocycles. The summed E-state index contributed by atoms with van der Waals surface area (Å²) in [5, 5.41) is 13.1. The van der Waals surface area contributed by atoms with Crippen LogP contribution in [-0.2, 0) is 0 Å². The molecule has 0 atom stereocenters. The zero-order valence-electron chi connectivity index (χ0n) is 12.6. The summed E-state index contributed by atoms with van der Waals surface area (Å²) in [5.41, 5.74) is 2.79. The van der Waals surface area contributed by atoms with Gasteiger partial charge >= 0.3 is 0 Å². The number of carbonyl (C=O) groups is 1. The molecular formula is C17H22N4O. The maximum atomic E-state index is 12.1.